The van der Waals surface area contributed by atoms with Gasteiger partial charge in [-0.1, -0.05) is 29.4 Å². The SMILES string of the molecule is CC(F)c1cccc(C2=C[C@@H]3[C@H](C2)[C@H]3c2noc(Cn3cnc4ncn(C)c4c3=O)n2)c1. The van der Waals surface area contributed by atoms with Crippen molar-refractivity contribution in [2.24, 2.45) is 18.9 Å². The molecule has 3 heterocycles. The number of nitrogens with zero attached hydrogens (tertiary/aromatic N) is 6. The molecule has 0 amide bonds. The molecule has 0 saturated heterocycles. The molecule has 1 fully saturated rings. The number of hydrogen-bond donors (Lipinski definition) is 0. The van der Waals surface area contributed by atoms with E-state index in [0.717, 1.165) is 12.0 Å². The normalized spacial score (nSPS) is 22.7. The van der Waals surface area contributed by atoms with Crippen molar-refractivity contribution in [1.29, 1.82) is 0 Å². The van der Waals surface area contributed by atoms with E-state index in [2.05, 4.69) is 26.2 Å². The summed E-state index contributed by atoms with van der Waals surface area (Å²) in [6.07, 6.45) is 5.23. The summed E-state index contributed by atoms with van der Waals surface area (Å²) >= 11 is 0. The molecule has 0 N–H and O–H groups in total. The molecule has 0 bridgehead atoms. The van der Waals surface area contributed by atoms with Crippen LogP contribution in [0, 0.1) is 11.8 Å². The first-order valence-corrected chi connectivity index (χ1v) is 10.6. The molecular weight excluding hydrogens is 411 g/mol. The van der Waals surface area contributed by atoms with Gasteiger partial charge in [-0.15, -0.1) is 0 Å². The van der Waals surface area contributed by atoms with E-state index in [1.54, 1.807) is 24.9 Å². The number of allylic oxidation sites excluding steroid dienone is 2. The molecule has 4 atom stereocenters. The van der Waals surface area contributed by atoms with E-state index >= 15 is 0 Å². The summed E-state index contributed by atoms with van der Waals surface area (Å²) in [5.74, 6) is 2.10. The molecule has 1 aromatic carbocycles. The average molecular weight is 432 g/mol. The number of rotatable bonds is 5. The second kappa shape index (κ2) is 6.94. The summed E-state index contributed by atoms with van der Waals surface area (Å²) in [5.41, 5.74) is 3.70. The quantitative estimate of drug-likeness (QED) is 0.480. The Morgan fingerprint density at radius 2 is 2.12 bits per heavy atom. The lowest BCUT2D eigenvalue weighted by Crippen LogP contribution is -2.22. The maximum Gasteiger partial charge on any atom is 0.280 e. The van der Waals surface area contributed by atoms with Crippen LogP contribution in [0.3, 0.4) is 0 Å². The number of fused-ring (bicyclic) bond motifs is 2. The molecule has 2 aliphatic carbocycles. The fourth-order valence-electron chi connectivity index (χ4n) is 4.81. The number of imidazole rings is 1. The van der Waals surface area contributed by atoms with E-state index in [9.17, 15) is 9.18 Å². The Morgan fingerprint density at radius 1 is 1.28 bits per heavy atom. The lowest BCUT2D eigenvalue weighted by atomic mass is 9.98. The zero-order valence-corrected chi connectivity index (χ0v) is 17.6. The van der Waals surface area contributed by atoms with Crippen molar-refractivity contribution in [2.75, 3.05) is 0 Å². The van der Waals surface area contributed by atoms with E-state index in [1.807, 2.05) is 24.3 Å². The minimum atomic E-state index is -0.974. The first-order valence-electron chi connectivity index (χ1n) is 10.6. The van der Waals surface area contributed by atoms with Crippen LogP contribution in [0.2, 0.25) is 0 Å². The fourth-order valence-corrected chi connectivity index (χ4v) is 4.81. The predicted octanol–water partition coefficient (Wildman–Crippen LogP) is 3.41. The highest BCUT2D eigenvalue weighted by Gasteiger charge is 2.55. The molecule has 32 heavy (non-hydrogen) atoms. The van der Waals surface area contributed by atoms with Crippen LogP contribution in [0.4, 0.5) is 4.39 Å². The van der Waals surface area contributed by atoms with Crippen LogP contribution in [0.15, 0.2) is 52.3 Å². The van der Waals surface area contributed by atoms with Crippen LogP contribution < -0.4 is 5.56 Å². The smallest absolute Gasteiger partial charge is 0.280 e. The van der Waals surface area contributed by atoms with E-state index in [1.165, 1.54) is 16.5 Å². The van der Waals surface area contributed by atoms with Crippen molar-refractivity contribution in [2.45, 2.75) is 32.0 Å². The molecule has 162 valence electrons. The molecule has 0 spiro atoms. The number of hydrogen-bond acceptors (Lipinski definition) is 6. The van der Waals surface area contributed by atoms with E-state index in [-0.39, 0.29) is 18.0 Å². The van der Waals surface area contributed by atoms with Crippen molar-refractivity contribution >= 4 is 16.7 Å². The Hall–Kier alpha value is -3.62. The third-order valence-electron chi connectivity index (χ3n) is 6.58. The molecule has 0 radical (unpaired) electrons. The van der Waals surface area contributed by atoms with Gasteiger partial charge in [0.05, 0.1) is 6.33 Å². The third kappa shape index (κ3) is 2.99. The van der Waals surface area contributed by atoms with Crippen molar-refractivity contribution < 1.29 is 8.91 Å². The molecule has 1 saturated carbocycles. The molecule has 8 nitrogen and oxygen atoms in total. The second-order valence-corrected chi connectivity index (χ2v) is 8.66. The standard InChI is InChI=1S/C23H21FN6O2/c1-12(24)13-4-3-5-14(6-13)15-7-16-17(8-15)19(16)21-27-18(32-28-21)9-30-11-26-22-20(23(30)31)29(2)10-25-22/h3-7,10-12,16-17,19H,8-9H2,1-2H3/t12?,16-,17+,19+/m1/s1. The summed E-state index contributed by atoms with van der Waals surface area (Å²) in [4.78, 5) is 25.6. The number of aromatic nitrogens is 6. The largest absolute Gasteiger partial charge is 0.337 e. The highest BCUT2D eigenvalue weighted by molar-refractivity contribution is 5.71. The van der Waals surface area contributed by atoms with Crippen molar-refractivity contribution in [1.82, 2.24) is 29.2 Å². The molecule has 6 rings (SSSR count). The zero-order chi connectivity index (χ0) is 22.0. The molecule has 9 heteroatoms. The summed E-state index contributed by atoms with van der Waals surface area (Å²) in [5, 5.41) is 4.17. The molecule has 0 aliphatic heterocycles. The van der Waals surface area contributed by atoms with Gasteiger partial charge < -0.3 is 9.09 Å². The maximum absolute atomic E-state index is 13.7. The maximum atomic E-state index is 13.7. The third-order valence-corrected chi connectivity index (χ3v) is 6.58. The summed E-state index contributed by atoms with van der Waals surface area (Å²) < 4.78 is 22.2. The fraction of sp³-hybridized carbons (Fsp3) is 0.348. The van der Waals surface area contributed by atoms with Crippen molar-refractivity contribution in [3.63, 3.8) is 0 Å². The Balaban J connectivity index is 1.19. The number of halogens is 1. The van der Waals surface area contributed by atoms with Gasteiger partial charge in [0.2, 0.25) is 5.89 Å². The highest BCUT2D eigenvalue weighted by atomic mass is 19.1. The zero-order valence-electron chi connectivity index (χ0n) is 17.6. The Bertz CT molecular complexity index is 1430. The first kappa shape index (κ1) is 19.1. The number of alkyl halides is 1. The molecule has 1 unspecified atom stereocenters. The second-order valence-electron chi connectivity index (χ2n) is 8.66. The van der Waals surface area contributed by atoms with Gasteiger partial charge in [-0.05, 0) is 47.9 Å². The molecule has 2 aliphatic rings. The van der Waals surface area contributed by atoms with Crippen LogP contribution >= 0.6 is 0 Å². The number of aryl methyl sites for hydroxylation is 1. The topological polar surface area (TPSA) is 91.6 Å². The van der Waals surface area contributed by atoms with Gasteiger partial charge in [0.1, 0.15) is 19.0 Å². The lowest BCUT2D eigenvalue weighted by molar-refractivity contribution is 0.364. The predicted molar refractivity (Wildman–Crippen MR) is 114 cm³/mol. The molecule has 3 aromatic heterocycles. The van der Waals surface area contributed by atoms with Crippen LogP contribution in [0.5, 0.6) is 0 Å². The summed E-state index contributed by atoms with van der Waals surface area (Å²) in [6.45, 7) is 1.72. The van der Waals surface area contributed by atoms with Gasteiger partial charge >= 0.3 is 0 Å². The van der Waals surface area contributed by atoms with Gasteiger partial charge in [0, 0.05) is 13.0 Å². The van der Waals surface area contributed by atoms with Crippen LogP contribution in [-0.2, 0) is 13.6 Å². The van der Waals surface area contributed by atoms with Gasteiger partial charge in [-0.2, -0.15) is 4.98 Å². The van der Waals surface area contributed by atoms with Crippen molar-refractivity contribution in [3.8, 4) is 0 Å². The monoisotopic (exact) mass is 432 g/mol. The molecular formula is C23H21FN6O2. The van der Waals surface area contributed by atoms with Gasteiger partial charge in [0.25, 0.3) is 5.56 Å². The molecule has 4 aromatic rings. The van der Waals surface area contributed by atoms with Gasteiger partial charge in [-0.3, -0.25) is 9.36 Å². The van der Waals surface area contributed by atoms with Crippen molar-refractivity contribution in [3.05, 3.63) is 76.2 Å². The minimum Gasteiger partial charge on any atom is -0.337 e. The summed E-state index contributed by atoms with van der Waals surface area (Å²) in [7, 11) is 1.76. The van der Waals surface area contributed by atoms with E-state index < -0.39 is 6.17 Å². The first-order chi connectivity index (χ1) is 15.5. The average Bonchev–Trinajstić information content (AvgIpc) is 3.21. The Labute approximate surface area is 182 Å². The Kier molecular flexibility index (Phi) is 4.14. The minimum absolute atomic E-state index is 0.164. The van der Waals surface area contributed by atoms with E-state index in [0.29, 0.717) is 40.3 Å². The Morgan fingerprint density at radius 3 is 2.91 bits per heavy atom. The lowest BCUT2D eigenvalue weighted by Gasteiger charge is -2.09. The van der Waals surface area contributed by atoms with E-state index in [4.69, 9.17) is 4.52 Å². The van der Waals surface area contributed by atoms with Gasteiger partial charge in [-0.25, -0.2) is 14.4 Å². The summed E-state index contributed by atoms with van der Waals surface area (Å²) in [6, 6.07) is 7.71. The van der Waals surface area contributed by atoms with Crippen LogP contribution in [0.1, 0.15) is 48.3 Å². The van der Waals surface area contributed by atoms with Crippen LogP contribution in [0.25, 0.3) is 16.7 Å². The van der Waals surface area contributed by atoms with Gasteiger partial charge in [0.15, 0.2) is 17.0 Å². The highest BCUT2D eigenvalue weighted by Crippen LogP contribution is 2.62. The van der Waals surface area contributed by atoms with Crippen LogP contribution in [-0.4, -0.2) is 29.2 Å². The number of benzene rings is 1.